The number of likely N-dealkylation sites (tertiary alicyclic amines) is 1. The van der Waals surface area contributed by atoms with Gasteiger partial charge in [-0.2, -0.15) is 9.37 Å². The normalized spacial score (nSPS) is 21.0. The summed E-state index contributed by atoms with van der Waals surface area (Å²) in [5.74, 6) is -0.236. The van der Waals surface area contributed by atoms with Crippen molar-refractivity contribution in [3.05, 3.63) is 53.0 Å². The maximum absolute atomic E-state index is 13.5. The van der Waals surface area contributed by atoms with Gasteiger partial charge in [-0.1, -0.05) is 17.3 Å². The fraction of sp³-hybridized carbons (Fsp3) is 0.435. The summed E-state index contributed by atoms with van der Waals surface area (Å²) >= 11 is 0.901. The number of carbonyl (C=O) groups excluding carboxylic acids is 1. The predicted molar refractivity (Wildman–Crippen MR) is 120 cm³/mol. The van der Waals surface area contributed by atoms with Gasteiger partial charge in [0.15, 0.2) is 5.13 Å². The van der Waals surface area contributed by atoms with Crippen molar-refractivity contribution in [1.82, 2.24) is 19.9 Å². The molecule has 5 rings (SSSR count). The van der Waals surface area contributed by atoms with Gasteiger partial charge in [0, 0.05) is 32.1 Å². The number of thiophene rings is 1. The van der Waals surface area contributed by atoms with Crippen LogP contribution in [0.5, 0.6) is 5.75 Å². The standard InChI is InChI=1S/C23H22F4N4O4S/c24-19-6-5-18(36-19)20-28-21(35-29-20)16-11-15(14-1-3-17(4-2-14)34-23(25,26)27)12-31(13-16)22(32)30-7-9-33-10-8-30/h1-6,15-16H,7-13H2. The van der Waals surface area contributed by atoms with E-state index in [9.17, 15) is 22.4 Å². The minimum absolute atomic E-state index is 0.148. The molecular weight excluding hydrogens is 504 g/mol. The Morgan fingerprint density at radius 2 is 1.75 bits per heavy atom. The molecule has 1 aromatic carbocycles. The number of halogens is 4. The summed E-state index contributed by atoms with van der Waals surface area (Å²) in [5.41, 5.74) is 0.758. The number of alkyl halides is 3. The SMILES string of the molecule is O=C(N1CCOCC1)N1CC(c2ccc(OC(F)(F)F)cc2)CC(c2nc(-c3ccc(F)s3)no2)C1. The highest BCUT2D eigenvalue weighted by molar-refractivity contribution is 7.13. The van der Waals surface area contributed by atoms with Crippen LogP contribution < -0.4 is 4.74 Å². The van der Waals surface area contributed by atoms with E-state index < -0.39 is 6.36 Å². The molecule has 0 aliphatic carbocycles. The maximum Gasteiger partial charge on any atom is 0.573 e. The molecule has 2 aliphatic rings. The average Bonchev–Trinajstić information content (AvgIpc) is 3.53. The Labute approximate surface area is 207 Å². The molecule has 2 aliphatic heterocycles. The van der Waals surface area contributed by atoms with Gasteiger partial charge in [0.25, 0.3) is 0 Å². The summed E-state index contributed by atoms with van der Waals surface area (Å²) in [7, 11) is 0. The zero-order chi connectivity index (χ0) is 25.3. The molecule has 2 atom stereocenters. The largest absolute Gasteiger partial charge is 0.573 e. The molecule has 0 N–H and O–H groups in total. The lowest BCUT2D eigenvalue weighted by molar-refractivity contribution is -0.274. The first-order valence-corrected chi connectivity index (χ1v) is 12.1. The second kappa shape index (κ2) is 10.1. The van der Waals surface area contributed by atoms with Gasteiger partial charge in [-0.3, -0.25) is 0 Å². The van der Waals surface area contributed by atoms with E-state index in [1.807, 2.05) is 0 Å². The van der Waals surface area contributed by atoms with Gasteiger partial charge in [-0.25, -0.2) is 4.79 Å². The van der Waals surface area contributed by atoms with E-state index >= 15 is 0 Å². The molecule has 0 spiro atoms. The molecule has 3 aromatic rings. The third-order valence-electron chi connectivity index (χ3n) is 6.17. The molecule has 2 saturated heterocycles. The van der Waals surface area contributed by atoms with Crippen molar-refractivity contribution < 1.29 is 36.4 Å². The summed E-state index contributed by atoms with van der Waals surface area (Å²) < 4.78 is 65.9. The molecule has 192 valence electrons. The van der Waals surface area contributed by atoms with Gasteiger partial charge in [0.1, 0.15) is 5.75 Å². The van der Waals surface area contributed by atoms with Crippen LogP contribution in [0.25, 0.3) is 10.7 Å². The minimum Gasteiger partial charge on any atom is -0.406 e. The number of amides is 2. The van der Waals surface area contributed by atoms with Crippen LogP contribution in [0.15, 0.2) is 40.9 Å². The fourth-order valence-electron chi connectivity index (χ4n) is 4.51. The highest BCUT2D eigenvalue weighted by Gasteiger charge is 2.37. The van der Waals surface area contributed by atoms with Crippen molar-refractivity contribution >= 4 is 17.4 Å². The molecular formula is C23H22F4N4O4S. The lowest BCUT2D eigenvalue weighted by atomic mass is 9.84. The number of aromatic nitrogens is 2. The molecule has 2 amide bonds. The van der Waals surface area contributed by atoms with Crippen molar-refractivity contribution in [1.29, 1.82) is 0 Å². The Kier molecular flexibility index (Phi) is 6.84. The van der Waals surface area contributed by atoms with Crippen LogP contribution in [0.1, 0.15) is 29.7 Å². The predicted octanol–water partition coefficient (Wildman–Crippen LogP) is 4.86. The molecule has 0 radical (unpaired) electrons. The fourth-order valence-corrected chi connectivity index (χ4v) is 5.16. The lowest BCUT2D eigenvalue weighted by Gasteiger charge is -2.40. The van der Waals surface area contributed by atoms with Crippen molar-refractivity contribution in [2.75, 3.05) is 39.4 Å². The second-order valence-electron chi connectivity index (χ2n) is 8.59. The Balaban J connectivity index is 1.39. The van der Waals surface area contributed by atoms with Gasteiger partial charge >= 0.3 is 12.4 Å². The summed E-state index contributed by atoms with van der Waals surface area (Å²) in [6, 6.07) is 8.40. The van der Waals surface area contributed by atoms with Crippen molar-refractivity contribution in [3.63, 3.8) is 0 Å². The maximum atomic E-state index is 13.5. The molecule has 13 heteroatoms. The van der Waals surface area contributed by atoms with Crippen molar-refractivity contribution in [2.45, 2.75) is 24.6 Å². The first kappa shape index (κ1) is 24.5. The first-order valence-electron chi connectivity index (χ1n) is 11.3. The van der Waals surface area contributed by atoms with Crippen molar-refractivity contribution in [2.24, 2.45) is 0 Å². The number of urea groups is 1. The van der Waals surface area contributed by atoms with E-state index in [-0.39, 0.29) is 34.6 Å². The van der Waals surface area contributed by atoms with Crippen LogP contribution in [-0.4, -0.2) is 71.7 Å². The van der Waals surface area contributed by atoms with Crippen LogP contribution in [-0.2, 0) is 4.74 Å². The molecule has 4 heterocycles. The number of nitrogens with zero attached hydrogens (tertiary/aromatic N) is 4. The zero-order valence-electron chi connectivity index (χ0n) is 18.9. The van der Waals surface area contributed by atoms with Crippen molar-refractivity contribution in [3.8, 4) is 16.5 Å². The van der Waals surface area contributed by atoms with Gasteiger partial charge < -0.3 is 23.8 Å². The minimum atomic E-state index is -4.78. The van der Waals surface area contributed by atoms with Crippen LogP contribution in [0.3, 0.4) is 0 Å². The molecule has 0 bridgehead atoms. The van der Waals surface area contributed by atoms with E-state index in [4.69, 9.17) is 9.26 Å². The Bertz CT molecular complexity index is 1190. The van der Waals surface area contributed by atoms with Gasteiger partial charge in [-0.05, 0) is 36.2 Å². The van der Waals surface area contributed by atoms with E-state index in [1.165, 1.54) is 18.2 Å². The Morgan fingerprint density at radius 1 is 1.03 bits per heavy atom. The number of piperidine rings is 1. The van der Waals surface area contributed by atoms with Crippen LogP contribution in [0, 0.1) is 5.13 Å². The van der Waals surface area contributed by atoms with Crippen LogP contribution in [0.2, 0.25) is 0 Å². The summed E-state index contributed by atoms with van der Waals surface area (Å²) in [5, 5.41) is 3.62. The first-order chi connectivity index (χ1) is 17.2. The van der Waals surface area contributed by atoms with E-state index in [0.717, 1.165) is 16.9 Å². The highest BCUT2D eigenvalue weighted by atomic mass is 32.1. The molecule has 2 aromatic heterocycles. The number of hydrogen-bond donors (Lipinski definition) is 0. The van der Waals surface area contributed by atoms with Gasteiger partial charge in [0.05, 0.1) is 24.0 Å². The Morgan fingerprint density at radius 3 is 2.42 bits per heavy atom. The van der Waals surface area contributed by atoms with Gasteiger partial charge in [0.2, 0.25) is 11.7 Å². The summed E-state index contributed by atoms with van der Waals surface area (Å²) in [6.45, 7) is 2.58. The molecule has 2 fully saturated rings. The molecule has 8 nitrogen and oxygen atoms in total. The average molecular weight is 527 g/mol. The smallest absolute Gasteiger partial charge is 0.406 e. The number of morpholine rings is 1. The summed E-state index contributed by atoms with van der Waals surface area (Å²) in [6.07, 6.45) is -4.24. The van der Waals surface area contributed by atoms with E-state index in [0.29, 0.717) is 56.6 Å². The third kappa shape index (κ3) is 5.62. The number of ether oxygens (including phenoxy) is 2. The number of carbonyl (C=O) groups is 1. The highest BCUT2D eigenvalue weighted by Crippen LogP contribution is 2.37. The molecule has 2 unspecified atom stereocenters. The monoisotopic (exact) mass is 526 g/mol. The van der Waals surface area contributed by atoms with Crippen LogP contribution in [0.4, 0.5) is 22.4 Å². The third-order valence-corrected chi connectivity index (χ3v) is 7.04. The second-order valence-corrected chi connectivity index (χ2v) is 9.63. The quantitative estimate of drug-likeness (QED) is 0.452. The number of hydrogen-bond acceptors (Lipinski definition) is 7. The zero-order valence-corrected chi connectivity index (χ0v) is 19.7. The number of rotatable bonds is 4. The van der Waals surface area contributed by atoms with Gasteiger partial charge in [-0.15, -0.1) is 24.5 Å². The van der Waals surface area contributed by atoms with E-state index in [2.05, 4.69) is 14.9 Å². The number of benzene rings is 1. The van der Waals surface area contributed by atoms with Crippen LogP contribution >= 0.6 is 11.3 Å². The molecule has 0 saturated carbocycles. The summed E-state index contributed by atoms with van der Waals surface area (Å²) in [4.78, 5) is 21.7. The Hall–Kier alpha value is -3.19. The lowest BCUT2D eigenvalue weighted by Crippen LogP contribution is -2.52. The topological polar surface area (TPSA) is 80.9 Å². The van der Waals surface area contributed by atoms with E-state index in [1.54, 1.807) is 28.0 Å². The molecule has 36 heavy (non-hydrogen) atoms.